The molecule has 0 aliphatic carbocycles. The molecule has 20 heavy (non-hydrogen) atoms. The zero-order chi connectivity index (χ0) is 14.8. The van der Waals surface area contributed by atoms with Gasteiger partial charge < -0.3 is 9.73 Å². The molecule has 2 N–H and O–H groups in total. The van der Waals surface area contributed by atoms with Crippen LogP contribution in [0.5, 0.6) is 0 Å². The first-order valence-electron chi connectivity index (χ1n) is 6.13. The summed E-state index contributed by atoms with van der Waals surface area (Å²) in [6, 6.07) is 6.49. The van der Waals surface area contributed by atoms with Crippen LogP contribution in [-0.2, 0) is 16.6 Å². The Bertz CT molecular complexity index is 671. The first-order chi connectivity index (χ1) is 9.42. The molecule has 0 atom stereocenters. The molecule has 0 aliphatic rings. The molecule has 0 aliphatic heterocycles. The van der Waals surface area contributed by atoms with Crippen molar-refractivity contribution in [3.8, 4) is 0 Å². The van der Waals surface area contributed by atoms with Crippen LogP contribution in [0, 0.1) is 13.8 Å². The van der Waals surface area contributed by atoms with Crippen molar-refractivity contribution < 1.29 is 12.8 Å². The lowest BCUT2D eigenvalue weighted by Crippen LogP contribution is -2.18. The van der Waals surface area contributed by atoms with E-state index in [1.807, 2.05) is 13.8 Å². The molecular formula is C13H17N3O3S. The van der Waals surface area contributed by atoms with E-state index in [4.69, 9.17) is 4.42 Å². The van der Waals surface area contributed by atoms with Gasteiger partial charge in [0.2, 0.25) is 15.9 Å². The lowest BCUT2D eigenvalue weighted by atomic mass is 10.3. The minimum Gasteiger partial charge on any atom is -0.444 e. The molecular weight excluding hydrogens is 278 g/mol. The number of aromatic nitrogens is 1. The molecule has 0 fully saturated rings. The highest BCUT2D eigenvalue weighted by molar-refractivity contribution is 7.89. The monoisotopic (exact) mass is 295 g/mol. The number of hydrogen-bond donors (Lipinski definition) is 2. The molecule has 6 nitrogen and oxygen atoms in total. The molecule has 7 heteroatoms. The van der Waals surface area contributed by atoms with E-state index in [0.717, 1.165) is 17.1 Å². The van der Waals surface area contributed by atoms with Gasteiger partial charge >= 0.3 is 0 Å². The highest BCUT2D eigenvalue weighted by Crippen LogP contribution is 2.15. The Labute approximate surface area is 118 Å². The number of hydrogen-bond acceptors (Lipinski definition) is 5. The van der Waals surface area contributed by atoms with Gasteiger partial charge in [0.25, 0.3) is 0 Å². The van der Waals surface area contributed by atoms with Crippen molar-refractivity contribution in [3.05, 3.63) is 41.6 Å². The summed E-state index contributed by atoms with van der Waals surface area (Å²) in [4.78, 5) is 4.49. The van der Waals surface area contributed by atoms with Gasteiger partial charge in [-0.3, -0.25) is 0 Å². The number of anilines is 1. The molecule has 2 rings (SSSR count). The van der Waals surface area contributed by atoms with Crippen LogP contribution < -0.4 is 10.0 Å². The van der Waals surface area contributed by atoms with Gasteiger partial charge in [0.15, 0.2) is 0 Å². The number of oxazole rings is 1. The Morgan fingerprint density at radius 2 is 1.85 bits per heavy atom. The van der Waals surface area contributed by atoms with Crippen LogP contribution in [-0.4, -0.2) is 20.4 Å². The van der Waals surface area contributed by atoms with Crippen molar-refractivity contribution in [2.45, 2.75) is 25.3 Å². The predicted octanol–water partition coefficient (Wildman–Crippen LogP) is 1.81. The normalized spacial score (nSPS) is 11.6. The van der Waals surface area contributed by atoms with Crippen LogP contribution in [0.2, 0.25) is 0 Å². The van der Waals surface area contributed by atoms with Crippen molar-refractivity contribution in [3.63, 3.8) is 0 Å². The second-order valence-corrected chi connectivity index (χ2v) is 6.22. The van der Waals surface area contributed by atoms with Gasteiger partial charge in [-0.15, -0.1) is 0 Å². The van der Waals surface area contributed by atoms with E-state index >= 15 is 0 Å². The number of nitrogens with zero attached hydrogens (tertiary/aromatic N) is 1. The Hall–Kier alpha value is -1.86. The Morgan fingerprint density at radius 1 is 1.20 bits per heavy atom. The Balaban J connectivity index is 2.04. The van der Waals surface area contributed by atoms with Gasteiger partial charge in [-0.25, -0.2) is 18.1 Å². The quantitative estimate of drug-likeness (QED) is 0.879. The largest absolute Gasteiger partial charge is 0.444 e. The van der Waals surface area contributed by atoms with Crippen molar-refractivity contribution in [1.29, 1.82) is 0 Å². The Morgan fingerprint density at radius 3 is 2.35 bits per heavy atom. The fraction of sp³-hybridized carbons (Fsp3) is 0.308. The Kier molecular flexibility index (Phi) is 4.10. The van der Waals surface area contributed by atoms with Crippen molar-refractivity contribution >= 4 is 15.7 Å². The summed E-state index contributed by atoms with van der Waals surface area (Å²) in [5.41, 5.74) is 1.67. The number of nitrogens with one attached hydrogen (secondary N) is 2. The van der Waals surface area contributed by atoms with Crippen LogP contribution in [0.3, 0.4) is 0 Å². The molecule has 1 heterocycles. The number of rotatable bonds is 5. The zero-order valence-electron chi connectivity index (χ0n) is 11.6. The first kappa shape index (κ1) is 14.5. The van der Waals surface area contributed by atoms with E-state index in [1.54, 1.807) is 24.3 Å². The van der Waals surface area contributed by atoms with Gasteiger partial charge in [-0.1, -0.05) is 0 Å². The third-order valence-corrected chi connectivity index (χ3v) is 4.38. The van der Waals surface area contributed by atoms with Crippen LogP contribution in [0.4, 0.5) is 5.69 Å². The van der Waals surface area contributed by atoms with E-state index in [-0.39, 0.29) is 4.90 Å². The van der Waals surface area contributed by atoms with Crippen LogP contribution in [0.15, 0.2) is 33.6 Å². The molecule has 108 valence electrons. The lowest BCUT2D eigenvalue weighted by Gasteiger charge is -2.06. The fourth-order valence-electron chi connectivity index (χ4n) is 1.66. The summed E-state index contributed by atoms with van der Waals surface area (Å²) in [6.45, 7) is 4.20. The molecule has 0 bridgehead atoms. The van der Waals surface area contributed by atoms with E-state index in [0.29, 0.717) is 12.4 Å². The lowest BCUT2D eigenvalue weighted by molar-refractivity contribution is 0.478. The van der Waals surface area contributed by atoms with Gasteiger partial charge in [-0.2, -0.15) is 0 Å². The highest BCUT2D eigenvalue weighted by atomic mass is 32.2. The smallest absolute Gasteiger partial charge is 0.240 e. The van der Waals surface area contributed by atoms with Gasteiger partial charge in [0.05, 0.1) is 17.1 Å². The average molecular weight is 295 g/mol. The van der Waals surface area contributed by atoms with E-state index in [1.165, 1.54) is 7.05 Å². The zero-order valence-corrected chi connectivity index (χ0v) is 12.4. The van der Waals surface area contributed by atoms with Crippen molar-refractivity contribution in [2.75, 3.05) is 12.4 Å². The molecule has 0 radical (unpaired) electrons. The molecule has 0 unspecified atom stereocenters. The number of aryl methyl sites for hydroxylation is 2. The van der Waals surface area contributed by atoms with Crippen molar-refractivity contribution in [2.24, 2.45) is 0 Å². The first-order valence-corrected chi connectivity index (χ1v) is 7.61. The fourth-order valence-corrected chi connectivity index (χ4v) is 2.39. The van der Waals surface area contributed by atoms with Gasteiger partial charge in [0, 0.05) is 5.69 Å². The van der Waals surface area contributed by atoms with E-state index < -0.39 is 10.0 Å². The topological polar surface area (TPSA) is 84.2 Å². The van der Waals surface area contributed by atoms with Gasteiger partial charge in [-0.05, 0) is 45.2 Å². The highest BCUT2D eigenvalue weighted by Gasteiger charge is 2.10. The third-order valence-electron chi connectivity index (χ3n) is 2.95. The maximum Gasteiger partial charge on any atom is 0.240 e. The second-order valence-electron chi connectivity index (χ2n) is 4.33. The minimum atomic E-state index is -3.39. The molecule has 0 amide bonds. The van der Waals surface area contributed by atoms with E-state index in [2.05, 4.69) is 15.0 Å². The summed E-state index contributed by atoms with van der Waals surface area (Å²) in [5.74, 6) is 1.41. The van der Waals surface area contributed by atoms with Gasteiger partial charge in [0.1, 0.15) is 5.76 Å². The van der Waals surface area contributed by atoms with Crippen molar-refractivity contribution in [1.82, 2.24) is 9.71 Å². The summed E-state index contributed by atoms with van der Waals surface area (Å²) in [7, 11) is -2.01. The maximum atomic E-state index is 11.6. The summed E-state index contributed by atoms with van der Waals surface area (Å²) < 4.78 is 30.9. The molecule has 1 aromatic heterocycles. The predicted molar refractivity (Wildman–Crippen MR) is 76.0 cm³/mol. The summed E-state index contributed by atoms with van der Waals surface area (Å²) in [6.07, 6.45) is 0. The number of sulfonamides is 1. The second kappa shape index (κ2) is 5.64. The summed E-state index contributed by atoms with van der Waals surface area (Å²) in [5, 5.41) is 3.13. The molecule has 0 saturated carbocycles. The summed E-state index contributed by atoms with van der Waals surface area (Å²) >= 11 is 0. The average Bonchev–Trinajstić information content (AvgIpc) is 2.76. The number of benzene rings is 1. The SMILES string of the molecule is CNS(=O)(=O)c1ccc(NCc2nc(C)c(C)o2)cc1. The third kappa shape index (κ3) is 3.17. The maximum absolute atomic E-state index is 11.6. The minimum absolute atomic E-state index is 0.230. The molecule has 2 aromatic rings. The molecule has 0 spiro atoms. The van der Waals surface area contributed by atoms with Crippen LogP contribution in [0.1, 0.15) is 17.3 Å². The molecule has 0 saturated heterocycles. The van der Waals surface area contributed by atoms with Crippen LogP contribution in [0.25, 0.3) is 0 Å². The van der Waals surface area contributed by atoms with Crippen LogP contribution >= 0.6 is 0 Å². The molecule has 1 aromatic carbocycles. The van der Waals surface area contributed by atoms with E-state index in [9.17, 15) is 8.42 Å². The standard InChI is InChI=1S/C13H17N3O3S/c1-9-10(2)19-13(16-9)8-15-11-4-6-12(7-5-11)20(17,18)14-3/h4-7,14-15H,8H2,1-3H3.